The summed E-state index contributed by atoms with van der Waals surface area (Å²) in [6, 6.07) is 7.05. The molecule has 3 aromatic rings. The van der Waals surface area contributed by atoms with E-state index in [1.54, 1.807) is 24.3 Å². The van der Waals surface area contributed by atoms with Gasteiger partial charge < -0.3 is 14.8 Å². The molecule has 1 saturated heterocycles. The minimum Gasteiger partial charge on any atom is -0.353 e. The van der Waals surface area contributed by atoms with E-state index in [0.29, 0.717) is 54.0 Å². The maximum atomic E-state index is 13.1. The SMILES string of the molecule is C=CCn1c(=S)[nH]c2cc(C(=O)N3CCN(c4cc(C)nc(C)n4)CC3)ccc2c1=O. The lowest BCUT2D eigenvalue weighted by Gasteiger charge is -2.35. The number of amides is 1. The highest BCUT2D eigenvalue weighted by Crippen LogP contribution is 2.18. The molecular weight excluding hydrogens is 412 g/mol. The summed E-state index contributed by atoms with van der Waals surface area (Å²) in [5, 5.41) is 0.492. The normalized spacial score (nSPS) is 14.1. The number of piperazine rings is 1. The number of aromatic amines is 1. The highest BCUT2D eigenvalue weighted by atomic mass is 32.1. The number of nitrogens with one attached hydrogen (secondary N) is 1. The molecule has 3 heterocycles. The van der Waals surface area contributed by atoms with E-state index in [1.807, 2.05) is 24.8 Å². The van der Waals surface area contributed by atoms with E-state index in [2.05, 4.69) is 26.4 Å². The number of aryl methyl sites for hydroxylation is 2. The zero-order valence-corrected chi connectivity index (χ0v) is 18.4. The summed E-state index contributed by atoms with van der Waals surface area (Å²) in [4.78, 5) is 41.6. The van der Waals surface area contributed by atoms with E-state index >= 15 is 0 Å². The molecule has 4 rings (SSSR count). The third kappa shape index (κ3) is 4.13. The van der Waals surface area contributed by atoms with Gasteiger partial charge in [-0.15, -0.1) is 6.58 Å². The Balaban J connectivity index is 1.53. The van der Waals surface area contributed by atoms with Gasteiger partial charge in [0.25, 0.3) is 11.5 Å². The average Bonchev–Trinajstić information content (AvgIpc) is 2.75. The van der Waals surface area contributed by atoms with Gasteiger partial charge in [-0.1, -0.05) is 6.08 Å². The van der Waals surface area contributed by atoms with Crippen LogP contribution in [0.4, 0.5) is 5.82 Å². The van der Waals surface area contributed by atoms with Crippen LogP contribution in [0.1, 0.15) is 21.9 Å². The van der Waals surface area contributed by atoms with Crippen molar-refractivity contribution in [3.05, 3.63) is 69.1 Å². The van der Waals surface area contributed by atoms with Crippen molar-refractivity contribution >= 4 is 34.8 Å². The van der Waals surface area contributed by atoms with Crippen LogP contribution < -0.4 is 10.5 Å². The van der Waals surface area contributed by atoms with Gasteiger partial charge in [0.1, 0.15) is 11.6 Å². The highest BCUT2D eigenvalue weighted by molar-refractivity contribution is 7.71. The summed E-state index contributed by atoms with van der Waals surface area (Å²) in [7, 11) is 0. The molecule has 9 heteroatoms. The molecule has 0 aliphatic carbocycles. The fourth-order valence-electron chi connectivity index (χ4n) is 3.86. The van der Waals surface area contributed by atoms with Crippen LogP contribution in [-0.4, -0.2) is 56.5 Å². The number of carbonyl (C=O) groups is 1. The molecule has 0 bridgehead atoms. The highest BCUT2D eigenvalue weighted by Gasteiger charge is 2.23. The Morgan fingerprint density at radius 2 is 1.94 bits per heavy atom. The molecular formula is C22H24N6O2S. The van der Waals surface area contributed by atoms with Gasteiger partial charge in [0.05, 0.1) is 10.9 Å². The largest absolute Gasteiger partial charge is 0.353 e. The zero-order chi connectivity index (χ0) is 22.1. The Kier molecular flexibility index (Phi) is 5.69. The van der Waals surface area contributed by atoms with Crippen molar-refractivity contribution in [2.45, 2.75) is 20.4 Å². The Hall–Kier alpha value is -3.33. The van der Waals surface area contributed by atoms with Crippen LogP contribution >= 0.6 is 12.2 Å². The number of rotatable bonds is 4. The second kappa shape index (κ2) is 8.43. The molecule has 0 spiro atoms. The van der Waals surface area contributed by atoms with Gasteiger partial charge in [0, 0.05) is 50.0 Å². The lowest BCUT2D eigenvalue weighted by atomic mass is 10.1. The first-order chi connectivity index (χ1) is 14.9. The van der Waals surface area contributed by atoms with Crippen LogP contribution in [-0.2, 0) is 6.54 Å². The number of aromatic nitrogens is 4. The molecule has 1 fully saturated rings. The summed E-state index contributed by atoms with van der Waals surface area (Å²) in [6.07, 6.45) is 1.62. The van der Waals surface area contributed by atoms with E-state index in [-0.39, 0.29) is 11.5 Å². The minimum atomic E-state index is -0.193. The smallest absolute Gasteiger partial charge is 0.262 e. The summed E-state index contributed by atoms with van der Waals surface area (Å²) in [5.41, 5.74) is 1.83. The summed E-state index contributed by atoms with van der Waals surface area (Å²) in [6.45, 7) is 10.4. The fourth-order valence-corrected chi connectivity index (χ4v) is 4.13. The maximum absolute atomic E-state index is 13.1. The molecule has 31 heavy (non-hydrogen) atoms. The van der Waals surface area contributed by atoms with Crippen molar-refractivity contribution in [1.82, 2.24) is 24.4 Å². The van der Waals surface area contributed by atoms with E-state index < -0.39 is 0 Å². The van der Waals surface area contributed by atoms with Crippen LogP contribution in [0.25, 0.3) is 10.9 Å². The molecule has 2 aromatic heterocycles. The molecule has 8 nitrogen and oxygen atoms in total. The van der Waals surface area contributed by atoms with Gasteiger partial charge in [-0.2, -0.15) is 0 Å². The van der Waals surface area contributed by atoms with Crippen molar-refractivity contribution in [2.24, 2.45) is 0 Å². The number of H-pyrrole nitrogens is 1. The first-order valence-corrected chi connectivity index (χ1v) is 10.5. The van der Waals surface area contributed by atoms with E-state index in [4.69, 9.17) is 12.2 Å². The van der Waals surface area contributed by atoms with E-state index in [1.165, 1.54) is 4.57 Å². The summed E-state index contributed by atoms with van der Waals surface area (Å²) in [5.74, 6) is 1.58. The van der Waals surface area contributed by atoms with Crippen LogP contribution in [0.15, 0.2) is 41.7 Å². The van der Waals surface area contributed by atoms with Gasteiger partial charge in [-0.3, -0.25) is 14.2 Å². The van der Waals surface area contributed by atoms with Gasteiger partial charge in [0.2, 0.25) is 0 Å². The third-order valence-electron chi connectivity index (χ3n) is 5.38. The second-order valence-electron chi connectivity index (χ2n) is 7.59. The predicted octanol–water partition coefficient (Wildman–Crippen LogP) is 2.61. The van der Waals surface area contributed by atoms with Gasteiger partial charge >= 0.3 is 0 Å². The van der Waals surface area contributed by atoms with E-state index in [9.17, 15) is 9.59 Å². The van der Waals surface area contributed by atoms with E-state index in [0.717, 1.165) is 17.3 Å². The van der Waals surface area contributed by atoms with Crippen LogP contribution in [0, 0.1) is 18.6 Å². The molecule has 1 N–H and O–H groups in total. The fraction of sp³-hybridized carbons (Fsp3) is 0.318. The van der Waals surface area contributed by atoms with Gasteiger partial charge in [0.15, 0.2) is 4.77 Å². The average molecular weight is 437 g/mol. The number of anilines is 1. The molecule has 0 radical (unpaired) electrons. The van der Waals surface area contributed by atoms with Crippen molar-refractivity contribution in [2.75, 3.05) is 31.1 Å². The van der Waals surface area contributed by atoms with Gasteiger partial charge in [-0.05, 0) is 44.3 Å². The Bertz CT molecular complexity index is 1270. The van der Waals surface area contributed by atoms with Crippen molar-refractivity contribution < 1.29 is 4.79 Å². The molecule has 160 valence electrons. The standard InChI is InChI=1S/C22H24N6O2S/c1-4-7-28-21(30)17-6-5-16(13-18(17)25-22(28)31)20(29)27-10-8-26(9-11-27)19-12-14(2)23-15(3)24-19/h4-6,12-13H,1,7-11H2,2-3H3,(H,25,31). The van der Waals surface area contributed by atoms with Crippen molar-refractivity contribution in [3.8, 4) is 0 Å². The number of nitrogens with zero attached hydrogens (tertiary/aromatic N) is 5. The first-order valence-electron chi connectivity index (χ1n) is 10.1. The maximum Gasteiger partial charge on any atom is 0.262 e. The van der Waals surface area contributed by atoms with Crippen molar-refractivity contribution in [1.29, 1.82) is 0 Å². The monoisotopic (exact) mass is 436 g/mol. The minimum absolute atomic E-state index is 0.0637. The second-order valence-corrected chi connectivity index (χ2v) is 7.98. The van der Waals surface area contributed by atoms with Crippen LogP contribution in [0.3, 0.4) is 0 Å². The number of fused-ring (bicyclic) bond motifs is 1. The molecule has 1 aliphatic heterocycles. The van der Waals surface area contributed by atoms with Crippen LogP contribution in [0.5, 0.6) is 0 Å². The number of benzene rings is 1. The number of hydrogen-bond donors (Lipinski definition) is 1. The molecule has 0 saturated carbocycles. The Morgan fingerprint density at radius 3 is 2.61 bits per heavy atom. The topological polar surface area (TPSA) is 87.1 Å². The van der Waals surface area contributed by atoms with Gasteiger partial charge in [-0.25, -0.2) is 9.97 Å². The number of carbonyl (C=O) groups excluding carboxylic acids is 1. The Labute approximate surface area is 184 Å². The summed E-state index contributed by atoms with van der Waals surface area (Å²) >= 11 is 5.29. The lowest BCUT2D eigenvalue weighted by Crippen LogP contribution is -2.49. The predicted molar refractivity (Wildman–Crippen MR) is 123 cm³/mol. The Morgan fingerprint density at radius 1 is 1.19 bits per heavy atom. The van der Waals surface area contributed by atoms with Crippen molar-refractivity contribution in [3.63, 3.8) is 0 Å². The lowest BCUT2D eigenvalue weighted by molar-refractivity contribution is 0.0746. The first kappa shape index (κ1) is 20.9. The summed E-state index contributed by atoms with van der Waals surface area (Å²) < 4.78 is 1.76. The third-order valence-corrected chi connectivity index (χ3v) is 5.71. The number of allylic oxidation sites excluding steroid dienone is 1. The number of hydrogen-bond acceptors (Lipinski definition) is 6. The molecule has 1 amide bonds. The molecule has 0 atom stereocenters. The quantitative estimate of drug-likeness (QED) is 0.500. The molecule has 1 aromatic carbocycles. The zero-order valence-electron chi connectivity index (χ0n) is 17.6. The molecule has 0 unspecified atom stereocenters. The molecule has 1 aliphatic rings. The van der Waals surface area contributed by atoms with Crippen LogP contribution in [0.2, 0.25) is 0 Å².